The fraction of sp³-hybridized carbons (Fsp3) is 0.235. The van der Waals surface area contributed by atoms with Crippen LogP contribution < -0.4 is 10.6 Å². The topological polar surface area (TPSA) is 95.7 Å². The molecule has 0 saturated carbocycles. The fourth-order valence-electron chi connectivity index (χ4n) is 2.29. The average Bonchev–Trinajstić information content (AvgIpc) is 2.60. The first-order valence-electron chi connectivity index (χ1n) is 7.46. The molecule has 2 N–H and O–H groups in total. The van der Waals surface area contributed by atoms with Crippen LogP contribution in [0.5, 0.6) is 5.75 Å². The van der Waals surface area contributed by atoms with Crippen LogP contribution in [0.2, 0.25) is 0 Å². The highest BCUT2D eigenvalue weighted by Gasteiger charge is 2.41. The molecule has 0 aliphatic heterocycles. The molecule has 0 heterocycles. The molecule has 0 aromatic heterocycles. The van der Waals surface area contributed by atoms with Gasteiger partial charge in [0.2, 0.25) is 15.6 Å². The molecule has 0 amide bonds. The van der Waals surface area contributed by atoms with Crippen molar-refractivity contribution in [3.63, 3.8) is 0 Å². The van der Waals surface area contributed by atoms with E-state index in [1.54, 1.807) is 25.1 Å². The highest BCUT2D eigenvalue weighted by atomic mass is 32.2. The summed E-state index contributed by atoms with van der Waals surface area (Å²) in [5.41, 5.74) is 6.25. The molecular weight excluding hydrogens is 349 g/mol. The van der Waals surface area contributed by atoms with Gasteiger partial charge in [0.15, 0.2) is 5.82 Å². The normalized spacial score (nSPS) is 13.8. The molecule has 8 heteroatoms. The molecular formula is C17H18FNO5S. The SMILES string of the molecule is CCC(N)(c1ccc(OOC(C)=O)c(F)c1)S(=O)(=O)c1ccccc1. The molecule has 0 aliphatic rings. The number of halogens is 1. The summed E-state index contributed by atoms with van der Waals surface area (Å²) < 4.78 is 40.1. The smallest absolute Gasteiger partial charge is 0.309 e. The van der Waals surface area contributed by atoms with Crippen molar-refractivity contribution in [2.45, 2.75) is 30.0 Å². The molecule has 1 unspecified atom stereocenters. The second kappa shape index (κ2) is 7.20. The second-order valence-electron chi connectivity index (χ2n) is 5.36. The largest absolute Gasteiger partial charge is 0.352 e. The Labute approximate surface area is 145 Å². The first kappa shape index (κ1) is 18.9. The van der Waals surface area contributed by atoms with Crippen LogP contribution in [-0.2, 0) is 24.4 Å². The summed E-state index contributed by atoms with van der Waals surface area (Å²) in [7, 11) is -3.97. The quantitative estimate of drug-likeness (QED) is 0.623. The van der Waals surface area contributed by atoms with Crippen molar-refractivity contribution in [3.05, 3.63) is 59.9 Å². The summed E-state index contributed by atoms with van der Waals surface area (Å²) in [6.45, 7) is 2.70. The van der Waals surface area contributed by atoms with Gasteiger partial charge in [0.1, 0.15) is 4.87 Å². The van der Waals surface area contributed by atoms with Crippen LogP contribution in [0.25, 0.3) is 0 Å². The van der Waals surface area contributed by atoms with Crippen molar-refractivity contribution in [2.24, 2.45) is 5.73 Å². The molecule has 0 aliphatic carbocycles. The van der Waals surface area contributed by atoms with Gasteiger partial charge in [-0.25, -0.2) is 17.6 Å². The Morgan fingerprint density at radius 3 is 2.36 bits per heavy atom. The lowest BCUT2D eigenvalue weighted by Gasteiger charge is -2.28. The van der Waals surface area contributed by atoms with E-state index in [0.717, 1.165) is 19.1 Å². The molecule has 1 atom stereocenters. The Kier molecular flexibility index (Phi) is 5.44. The van der Waals surface area contributed by atoms with Gasteiger partial charge in [0.05, 0.1) is 4.90 Å². The lowest BCUT2D eigenvalue weighted by molar-refractivity contribution is -0.211. The number of hydrogen-bond donors (Lipinski definition) is 1. The van der Waals surface area contributed by atoms with Gasteiger partial charge in [-0.2, -0.15) is 0 Å². The van der Waals surface area contributed by atoms with Gasteiger partial charge in [0, 0.05) is 6.92 Å². The summed E-state index contributed by atoms with van der Waals surface area (Å²) >= 11 is 0. The van der Waals surface area contributed by atoms with E-state index in [1.807, 2.05) is 0 Å². The first-order chi connectivity index (χ1) is 11.7. The third-order valence-corrected chi connectivity index (χ3v) is 6.10. The number of rotatable bonds is 6. The summed E-state index contributed by atoms with van der Waals surface area (Å²) in [6.07, 6.45) is 0.0216. The lowest BCUT2D eigenvalue weighted by Crippen LogP contribution is -2.44. The zero-order valence-corrected chi connectivity index (χ0v) is 14.5. The highest BCUT2D eigenvalue weighted by molar-refractivity contribution is 7.92. The van der Waals surface area contributed by atoms with Crippen LogP contribution in [-0.4, -0.2) is 14.4 Å². The summed E-state index contributed by atoms with van der Waals surface area (Å²) in [5.74, 6) is -2.00. The van der Waals surface area contributed by atoms with E-state index in [0.29, 0.717) is 0 Å². The fourth-order valence-corrected chi connectivity index (χ4v) is 4.05. The number of benzene rings is 2. The minimum absolute atomic E-state index is 0.0216. The molecule has 25 heavy (non-hydrogen) atoms. The van der Waals surface area contributed by atoms with E-state index >= 15 is 0 Å². The van der Waals surface area contributed by atoms with Crippen molar-refractivity contribution in [1.29, 1.82) is 0 Å². The van der Waals surface area contributed by atoms with Crippen molar-refractivity contribution in [1.82, 2.24) is 0 Å². The van der Waals surface area contributed by atoms with Crippen LogP contribution >= 0.6 is 0 Å². The molecule has 0 saturated heterocycles. The Bertz CT molecular complexity index is 870. The lowest BCUT2D eigenvalue weighted by atomic mass is 10.0. The maximum absolute atomic E-state index is 14.2. The zero-order valence-electron chi connectivity index (χ0n) is 13.7. The monoisotopic (exact) mass is 367 g/mol. The number of hydrogen-bond acceptors (Lipinski definition) is 6. The van der Waals surface area contributed by atoms with Crippen molar-refractivity contribution in [3.8, 4) is 5.75 Å². The van der Waals surface area contributed by atoms with Gasteiger partial charge in [-0.15, -0.1) is 0 Å². The van der Waals surface area contributed by atoms with E-state index in [9.17, 15) is 17.6 Å². The van der Waals surface area contributed by atoms with Gasteiger partial charge >= 0.3 is 5.97 Å². The van der Waals surface area contributed by atoms with Crippen molar-refractivity contribution in [2.75, 3.05) is 0 Å². The summed E-state index contributed by atoms with van der Waals surface area (Å²) in [5, 5.41) is 0. The Morgan fingerprint density at radius 1 is 1.20 bits per heavy atom. The van der Waals surface area contributed by atoms with Crippen molar-refractivity contribution < 1.29 is 27.4 Å². The predicted octanol–water partition coefficient (Wildman–Crippen LogP) is 2.68. The standard InChI is InChI=1S/C17H18FNO5S/c1-3-17(19,25(21,22)14-7-5-4-6-8-14)13-9-10-16(15(18)11-13)24-23-12(2)20/h4-11H,3,19H2,1-2H3. The van der Waals surface area contributed by atoms with Crippen molar-refractivity contribution >= 4 is 15.8 Å². The average molecular weight is 367 g/mol. The minimum atomic E-state index is -3.97. The molecule has 134 valence electrons. The van der Waals surface area contributed by atoms with Gasteiger partial charge in [-0.3, -0.25) is 9.78 Å². The van der Waals surface area contributed by atoms with Crippen LogP contribution in [0.4, 0.5) is 4.39 Å². The number of carbonyl (C=O) groups excluding carboxylic acids is 1. The maximum Gasteiger partial charge on any atom is 0.352 e. The molecule has 2 aromatic carbocycles. The van der Waals surface area contributed by atoms with E-state index in [2.05, 4.69) is 9.78 Å². The summed E-state index contributed by atoms with van der Waals surface area (Å²) in [4.78, 5) is 17.8. The van der Waals surface area contributed by atoms with E-state index in [1.165, 1.54) is 18.2 Å². The molecule has 0 bridgehead atoms. The van der Waals surface area contributed by atoms with Gasteiger partial charge in [-0.1, -0.05) is 31.2 Å². The van der Waals surface area contributed by atoms with Gasteiger partial charge in [-0.05, 0) is 36.2 Å². The Balaban J connectivity index is 2.46. The van der Waals surface area contributed by atoms with Crippen LogP contribution in [0.1, 0.15) is 25.8 Å². The van der Waals surface area contributed by atoms with E-state index < -0.39 is 26.5 Å². The highest BCUT2D eigenvalue weighted by Crippen LogP contribution is 2.35. The molecule has 0 radical (unpaired) electrons. The van der Waals surface area contributed by atoms with Gasteiger partial charge in [0.25, 0.3) is 0 Å². The Hall–Kier alpha value is -2.45. The molecule has 2 rings (SSSR count). The first-order valence-corrected chi connectivity index (χ1v) is 8.94. The summed E-state index contributed by atoms with van der Waals surface area (Å²) in [6, 6.07) is 11.2. The van der Waals surface area contributed by atoms with Gasteiger partial charge < -0.3 is 5.73 Å². The Morgan fingerprint density at radius 2 is 1.84 bits per heavy atom. The van der Waals surface area contributed by atoms with Crippen LogP contribution in [0.3, 0.4) is 0 Å². The molecule has 0 fully saturated rings. The van der Waals surface area contributed by atoms with Crippen LogP contribution in [0.15, 0.2) is 53.4 Å². The third-order valence-electron chi connectivity index (χ3n) is 3.73. The zero-order chi connectivity index (χ0) is 18.7. The number of carbonyl (C=O) groups is 1. The number of nitrogens with two attached hydrogens (primary N) is 1. The number of sulfone groups is 1. The molecule has 2 aromatic rings. The third kappa shape index (κ3) is 3.64. The molecule has 0 spiro atoms. The predicted molar refractivity (Wildman–Crippen MR) is 88.6 cm³/mol. The van der Waals surface area contributed by atoms with E-state index in [-0.39, 0.29) is 22.6 Å². The minimum Gasteiger partial charge on any atom is -0.309 e. The second-order valence-corrected chi connectivity index (χ2v) is 7.57. The van der Waals surface area contributed by atoms with Crippen LogP contribution in [0, 0.1) is 5.82 Å². The van der Waals surface area contributed by atoms with E-state index in [4.69, 9.17) is 5.73 Å². The maximum atomic E-state index is 14.2. The molecule has 6 nitrogen and oxygen atoms in total.